The summed E-state index contributed by atoms with van der Waals surface area (Å²) in [6.45, 7) is 5.96. The van der Waals surface area contributed by atoms with Crippen LogP contribution in [0.2, 0.25) is 0 Å². The first-order valence-electron chi connectivity index (χ1n) is 6.91. The second-order valence-electron chi connectivity index (χ2n) is 4.86. The first-order valence-corrected chi connectivity index (χ1v) is 6.91. The van der Waals surface area contributed by atoms with E-state index in [0.29, 0.717) is 12.4 Å². The Kier molecular flexibility index (Phi) is 3.44. The van der Waals surface area contributed by atoms with Crippen LogP contribution < -0.4 is 10.1 Å². The molecule has 0 spiro atoms. The summed E-state index contributed by atoms with van der Waals surface area (Å²) in [5.74, 6) is 0.854. The Morgan fingerprint density at radius 1 is 1.45 bits per heavy atom. The Labute approximate surface area is 117 Å². The molecule has 1 aliphatic rings. The van der Waals surface area contributed by atoms with Gasteiger partial charge in [0.05, 0.1) is 18.0 Å². The fourth-order valence-electron chi connectivity index (χ4n) is 2.69. The highest BCUT2D eigenvalue weighted by atomic mass is 19.1. The van der Waals surface area contributed by atoms with Gasteiger partial charge in [0, 0.05) is 31.3 Å². The summed E-state index contributed by atoms with van der Waals surface area (Å²) in [5, 5.41) is 3.30. The van der Waals surface area contributed by atoms with Crippen molar-refractivity contribution in [1.29, 1.82) is 0 Å². The van der Waals surface area contributed by atoms with Crippen LogP contribution in [-0.4, -0.2) is 22.7 Å². The number of rotatable bonds is 3. The summed E-state index contributed by atoms with van der Waals surface area (Å²) < 4.78 is 21.3. The third-order valence-corrected chi connectivity index (χ3v) is 3.53. The molecule has 1 aromatic carbocycles. The van der Waals surface area contributed by atoms with Gasteiger partial charge in [-0.15, -0.1) is 0 Å². The standard InChI is InChI=1S/C15H18FN3O/c1-3-20-15-5-4-11(8-12(15)16)19-10(2)18-13-9-17-7-6-14(13)19/h4-5,8,17H,3,6-7,9H2,1-2H3. The van der Waals surface area contributed by atoms with Crippen molar-refractivity contribution in [1.82, 2.24) is 14.9 Å². The highest BCUT2D eigenvalue weighted by molar-refractivity contribution is 5.42. The van der Waals surface area contributed by atoms with Crippen LogP contribution in [0.25, 0.3) is 5.69 Å². The van der Waals surface area contributed by atoms with Crippen LogP contribution in [-0.2, 0) is 13.0 Å². The van der Waals surface area contributed by atoms with E-state index < -0.39 is 0 Å². The molecule has 0 aliphatic carbocycles. The summed E-state index contributed by atoms with van der Waals surface area (Å²) in [6, 6.07) is 5.08. The number of aryl methyl sites for hydroxylation is 1. The minimum atomic E-state index is -0.333. The second-order valence-corrected chi connectivity index (χ2v) is 4.86. The third-order valence-electron chi connectivity index (χ3n) is 3.53. The maximum absolute atomic E-state index is 14.0. The quantitative estimate of drug-likeness (QED) is 0.934. The average molecular weight is 275 g/mol. The number of hydrogen-bond donors (Lipinski definition) is 1. The van der Waals surface area contributed by atoms with E-state index >= 15 is 0 Å². The molecule has 0 amide bonds. The molecule has 2 aromatic rings. The van der Waals surface area contributed by atoms with Crippen molar-refractivity contribution in [3.05, 3.63) is 41.2 Å². The van der Waals surface area contributed by atoms with E-state index in [-0.39, 0.29) is 5.82 Å². The van der Waals surface area contributed by atoms with Gasteiger partial charge in [-0.1, -0.05) is 0 Å². The normalized spacial score (nSPS) is 14.2. The van der Waals surface area contributed by atoms with E-state index in [9.17, 15) is 4.39 Å². The Morgan fingerprint density at radius 2 is 2.30 bits per heavy atom. The molecule has 1 aliphatic heterocycles. The van der Waals surface area contributed by atoms with Crippen molar-refractivity contribution in [2.75, 3.05) is 13.2 Å². The van der Waals surface area contributed by atoms with Crippen molar-refractivity contribution < 1.29 is 9.13 Å². The fraction of sp³-hybridized carbons (Fsp3) is 0.400. The van der Waals surface area contributed by atoms with Gasteiger partial charge >= 0.3 is 0 Å². The summed E-state index contributed by atoms with van der Waals surface area (Å²) in [6.07, 6.45) is 0.908. The largest absolute Gasteiger partial charge is 0.491 e. The molecule has 4 nitrogen and oxygen atoms in total. The molecule has 5 heteroatoms. The number of nitrogens with one attached hydrogen (secondary N) is 1. The lowest BCUT2D eigenvalue weighted by atomic mass is 10.1. The minimum absolute atomic E-state index is 0.296. The summed E-state index contributed by atoms with van der Waals surface area (Å²) in [5.41, 5.74) is 3.03. The number of halogens is 1. The molecule has 1 aromatic heterocycles. The first kappa shape index (κ1) is 13.1. The van der Waals surface area contributed by atoms with Gasteiger partial charge < -0.3 is 14.6 Å². The molecule has 0 atom stereocenters. The first-order chi connectivity index (χ1) is 9.70. The zero-order chi connectivity index (χ0) is 14.1. The molecular weight excluding hydrogens is 257 g/mol. The lowest BCUT2D eigenvalue weighted by Gasteiger charge is -2.16. The lowest BCUT2D eigenvalue weighted by Crippen LogP contribution is -2.24. The molecule has 1 N–H and O–H groups in total. The van der Waals surface area contributed by atoms with Crippen LogP contribution in [0.4, 0.5) is 4.39 Å². The smallest absolute Gasteiger partial charge is 0.167 e. The predicted molar refractivity (Wildman–Crippen MR) is 74.8 cm³/mol. The van der Waals surface area contributed by atoms with E-state index in [0.717, 1.165) is 36.7 Å². The van der Waals surface area contributed by atoms with Gasteiger partial charge in [0.25, 0.3) is 0 Å². The molecule has 0 saturated heterocycles. The number of aromatic nitrogens is 2. The van der Waals surface area contributed by atoms with E-state index in [1.165, 1.54) is 11.8 Å². The molecular formula is C15H18FN3O. The Bertz CT molecular complexity index is 636. The highest BCUT2D eigenvalue weighted by Crippen LogP contribution is 2.25. The SMILES string of the molecule is CCOc1ccc(-n2c(C)nc3c2CCNC3)cc1F. The van der Waals surface area contributed by atoms with Crippen molar-refractivity contribution in [3.8, 4) is 11.4 Å². The van der Waals surface area contributed by atoms with Gasteiger partial charge in [0.1, 0.15) is 5.82 Å². The number of fused-ring (bicyclic) bond motifs is 1. The van der Waals surface area contributed by atoms with Crippen molar-refractivity contribution >= 4 is 0 Å². The van der Waals surface area contributed by atoms with Crippen LogP contribution in [0, 0.1) is 12.7 Å². The zero-order valence-electron chi connectivity index (χ0n) is 11.7. The minimum Gasteiger partial charge on any atom is -0.491 e. The van der Waals surface area contributed by atoms with Crippen LogP contribution in [0.1, 0.15) is 24.1 Å². The second kappa shape index (κ2) is 5.25. The predicted octanol–water partition coefficient (Wildman–Crippen LogP) is 2.36. The van der Waals surface area contributed by atoms with Gasteiger partial charge in [0.2, 0.25) is 0 Å². The molecule has 0 radical (unpaired) electrons. The van der Waals surface area contributed by atoms with Crippen molar-refractivity contribution in [2.45, 2.75) is 26.8 Å². The van der Waals surface area contributed by atoms with Crippen molar-refractivity contribution in [3.63, 3.8) is 0 Å². The third kappa shape index (κ3) is 2.18. The molecule has 106 valence electrons. The molecule has 0 unspecified atom stereocenters. The summed E-state index contributed by atoms with van der Waals surface area (Å²) in [4.78, 5) is 4.56. The number of benzene rings is 1. The Hall–Kier alpha value is -1.88. The van der Waals surface area contributed by atoms with E-state index in [4.69, 9.17) is 4.74 Å². The lowest BCUT2D eigenvalue weighted by molar-refractivity contribution is 0.321. The van der Waals surface area contributed by atoms with Gasteiger partial charge in [0.15, 0.2) is 11.6 Å². The molecule has 0 bridgehead atoms. The van der Waals surface area contributed by atoms with Gasteiger partial charge in [-0.25, -0.2) is 9.37 Å². The van der Waals surface area contributed by atoms with Crippen molar-refractivity contribution in [2.24, 2.45) is 0 Å². The van der Waals surface area contributed by atoms with Crippen LogP contribution in [0.5, 0.6) is 5.75 Å². The highest BCUT2D eigenvalue weighted by Gasteiger charge is 2.19. The fourth-order valence-corrected chi connectivity index (χ4v) is 2.69. The molecule has 0 saturated carbocycles. The zero-order valence-corrected chi connectivity index (χ0v) is 11.7. The van der Waals surface area contributed by atoms with Crippen LogP contribution in [0.3, 0.4) is 0 Å². The molecule has 0 fully saturated rings. The van der Waals surface area contributed by atoms with E-state index in [1.54, 1.807) is 6.07 Å². The topological polar surface area (TPSA) is 39.1 Å². The number of hydrogen-bond acceptors (Lipinski definition) is 3. The Balaban J connectivity index is 2.05. The van der Waals surface area contributed by atoms with Gasteiger partial charge in [-0.3, -0.25) is 0 Å². The maximum Gasteiger partial charge on any atom is 0.167 e. The van der Waals surface area contributed by atoms with Crippen LogP contribution >= 0.6 is 0 Å². The average Bonchev–Trinajstić information content (AvgIpc) is 2.77. The number of nitrogens with zero attached hydrogens (tertiary/aromatic N) is 2. The van der Waals surface area contributed by atoms with E-state index in [2.05, 4.69) is 10.3 Å². The monoisotopic (exact) mass is 275 g/mol. The number of imidazole rings is 1. The molecule has 2 heterocycles. The molecule has 3 rings (SSSR count). The summed E-state index contributed by atoms with van der Waals surface area (Å²) >= 11 is 0. The number of ether oxygens (including phenoxy) is 1. The van der Waals surface area contributed by atoms with Gasteiger partial charge in [-0.05, 0) is 26.0 Å². The van der Waals surface area contributed by atoms with Gasteiger partial charge in [-0.2, -0.15) is 0 Å². The Morgan fingerprint density at radius 3 is 3.05 bits per heavy atom. The maximum atomic E-state index is 14.0. The molecule has 20 heavy (non-hydrogen) atoms. The summed E-state index contributed by atoms with van der Waals surface area (Å²) in [7, 11) is 0. The van der Waals surface area contributed by atoms with E-state index in [1.807, 2.05) is 24.5 Å². The van der Waals surface area contributed by atoms with Crippen LogP contribution in [0.15, 0.2) is 18.2 Å².